The predicted molar refractivity (Wildman–Crippen MR) is 88.9 cm³/mol. The number of hydrogen-bond donors (Lipinski definition) is 1. The van der Waals surface area contributed by atoms with Crippen LogP contribution in [0.5, 0.6) is 0 Å². The van der Waals surface area contributed by atoms with Crippen LogP contribution in [0.4, 0.5) is 5.69 Å². The minimum absolute atomic E-state index is 0.0356. The molecule has 0 saturated carbocycles. The van der Waals surface area contributed by atoms with Crippen molar-refractivity contribution in [2.24, 2.45) is 5.92 Å². The number of rotatable bonds is 3. The molecule has 0 radical (unpaired) electrons. The number of carbonyl (C=O) groups is 2. The fourth-order valence-electron chi connectivity index (χ4n) is 2.37. The Balaban J connectivity index is 2.01. The van der Waals surface area contributed by atoms with Gasteiger partial charge in [-0.15, -0.1) is 0 Å². The standard InChI is InChI=1S/C14H16Cl3N3O3/c1-7-3-2-4-20(5-7)8(21)6-23-14(22)12-9(15)11(18)10(16)13(17)19-12/h7H,2-6H2,1H3,(H2,18,19)/t7-/m0/s1. The number of ether oxygens (including phenoxy) is 1. The van der Waals surface area contributed by atoms with E-state index >= 15 is 0 Å². The van der Waals surface area contributed by atoms with Crippen LogP contribution in [0, 0.1) is 5.92 Å². The molecule has 2 heterocycles. The molecule has 6 nitrogen and oxygen atoms in total. The van der Waals surface area contributed by atoms with E-state index in [9.17, 15) is 9.59 Å². The van der Waals surface area contributed by atoms with E-state index in [2.05, 4.69) is 11.9 Å². The summed E-state index contributed by atoms with van der Waals surface area (Å²) in [5.41, 5.74) is 5.31. The first-order valence-corrected chi connectivity index (χ1v) is 8.19. The van der Waals surface area contributed by atoms with E-state index in [0.29, 0.717) is 19.0 Å². The molecule has 0 unspecified atom stereocenters. The third-order valence-electron chi connectivity index (χ3n) is 3.60. The Hall–Kier alpha value is -1.24. The molecule has 1 aromatic rings. The third-order valence-corrected chi connectivity index (χ3v) is 4.74. The molecule has 126 valence electrons. The number of carbonyl (C=O) groups excluding carboxylic acids is 2. The zero-order valence-electron chi connectivity index (χ0n) is 12.4. The number of nitrogen functional groups attached to an aromatic ring is 1. The van der Waals surface area contributed by atoms with Crippen LogP contribution in [0.3, 0.4) is 0 Å². The highest BCUT2D eigenvalue weighted by molar-refractivity contribution is 6.46. The maximum absolute atomic E-state index is 12.1. The summed E-state index contributed by atoms with van der Waals surface area (Å²) in [5, 5.41) is -0.341. The van der Waals surface area contributed by atoms with Gasteiger partial charge < -0.3 is 15.4 Å². The summed E-state index contributed by atoms with van der Waals surface area (Å²) >= 11 is 17.5. The Morgan fingerprint density at radius 3 is 2.70 bits per heavy atom. The predicted octanol–water partition coefficient (Wildman–Crippen LogP) is 3.04. The van der Waals surface area contributed by atoms with Crippen LogP contribution in [-0.2, 0) is 9.53 Å². The number of nitrogens with two attached hydrogens (primary N) is 1. The van der Waals surface area contributed by atoms with Crippen LogP contribution >= 0.6 is 34.8 Å². The Kier molecular flexibility index (Phi) is 5.95. The third kappa shape index (κ3) is 4.19. The second kappa shape index (κ2) is 7.55. The molecule has 1 aromatic heterocycles. The summed E-state index contributed by atoms with van der Waals surface area (Å²) < 4.78 is 4.97. The number of anilines is 1. The van der Waals surface area contributed by atoms with Crippen molar-refractivity contribution in [3.63, 3.8) is 0 Å². The van der Waals surface area contributed by atoms with Gasteiger partial charge in [-0.25, -0.2) is 9.78 Å². The molecule has 9 heteroatoms. The molecule has 0 bridgehead atoms. The minimum Gasteiger partial charge on any atom is -0.451 e. The fraction of sp³-hybridized carbons (Fsp3) is 0.500. The molecule has 1 fully saturated rings. The maximum Gasteiger partial charge on any atom is 0.359 e. The van der Waals surface area contributed by atoms with Crippen LogP contribution < -0.4 is 5.73 Å². The lowest BCUT2D eigenvalue weighted by molar-refractivity contribution is -0.136. The summed E-state index contributed by atoms with van der Waals surface area (Å²) in [4.78, 5) is 29.5. The number of piperidine rings is 1. The lowest BCUT2D eigenvalue weighted by Gasteiger charge is -2.30. The van der Waals surface area contributed by atoms with Gasteiger partial charge in [0.15, 0.2) is 17.5 Å². The number of amides is 1. The van der Waals surface area contributed by atoms with Gasteiger partial charge in [-0.1, -0.05) is 41.7 Å². The van der Waals surface area contributed by atoms with E-state index in [-0.39, 0.29) is 39.1 Å². The number of pyridine rings is 1. The number of aromatic nitrogens is 1. The zero-order valence-corrected chi connectivity index (χ0v) is 14.7. The molecular weight excluding hydrogens is 365 g/mol. The average molecular weight is 381 g/mol. The van der Waals surface area contributed by atoms with Crippen LogP contribution in [0.15, 0.2) is 0 Å². The Morgan fingerprint density at radius 1 is 1.35 bits per heavy atom. The fourth-order valence-corrected chi connectivity index (χ4v) is 2.95. The van der Waals surface area contributed by atoms with Crippen molar-refractivity contribution in [3.8, 4) is 0 Å². The summed E-state index contributed by atoms with van der Waals surface area (Å²) in [7, 11) is 0. The van der Waals surface area contributed by atoms with E-state index in [0.717, 1.165) is 12.8 Å². The highest BCUT2D eigenvalue weighted by Gasteiger charge is 2.24. The van der Waals surface area contributed by atoms with Crippen molar-refractivity contribution >= 4 is 52.4 Å². The van der Waals surface area contributed by atoms with E-state index in [1.807, 2.05) is 0 Å². The highest BCUT2D eigenvalue weighted by Crippen LogP contribution is 2.34. The minimum atomic E-state index is -0.876. The molecular formula is C14H16Cl3N3O3. The normalized spacial score (nSPS) is 17.9. The molecule has 0 spiro atoms. The topological polar surface area (TPSA) is 85.5 Å². The van der Waals surface area contributed by atoms with E-state index in [1.165, 1.54) is 0 Å². The smallest absolute Gasteiger partial charge is 0.359 e. The maximum atomic E-state index is 12.1. The van der Waals surface area contributed by atoms with Crippen LogP contribution in [0.2, 0.25) is 15.2 Å². The van der Waals surface area contributed by atoms with Crippen molar-refractivity contribution in [2.45, 2.75) is 19.8 Å². The molecule has 23 heavy (non-hydrogen) atoms. The first-order valence-electron chi connectivity index (χ1n) is 7.06. The van der Waals surface area contributed by atoms with Crippen LogP contribution in [0.25, 0.3) is 0 Å². The monoisotopic (exact) mass is 379 g/mol. The Labute approximate surface area is 148 Å². The molecule has 1 aliphatic heterocycles. The second-order valence-corrected chi connectivity index (χ2v) is 6.57. The number of nitrogens with zero attached hydrogens (tertiary/aromatic N) is 2. The summed E-state index contributed by atoms with van der Waals surface area (Å²) in [6.07, 6.45) is 2.03. The number of likely N-dealkylation sites (tertiary alicyclic amines) is 1. The molecule has 0 aliphatic carbocycles. The van der Waals surface area contributed by atoms with Crippen LogP contribution in [0.1, 0.15) is 30.3 Å². The van der Waals surface area contributed by atoms with Crippen molar-refractivity contribution in [1.82, 2.24) is 9.88 Å². The van der Waals surface area contributed by atoms with Gasteiger partial charge in [-0.2, -0.15) is 0 Å². The zero-order chi connectivity index (χ0) is 17.1. The van der Waals surface area contributed by atoms with Gasteiger partial charge in [-0.05, 0) is 18.8 Å². The largest absolute Gasteiger partial charge is 0.451 e. The van der Waals surface area contributed by atoms with Crippen molar-refractivity contribution in [2.75, 3.05) is 25.4 Å². The lowest BCUT2D eigenvalue weighted by atomic mass is 10.0. The number of esters is 1. The van der Waals surface area contributed by atoms with Crippen molar-refractivity contribution in [3.05, 3.63) is 20.9 Å². The molecule has 0 aromatic carbocycles. The Morgan fingerprint density at radius 2 is 2.04 bits per heavy atom. The first-order chi connectivity index (χ1) is 10.8. The lowest BCUT2D eigenvalue weighted by Crippen LogP contribution is -2.41. The van der Waals surface area contributed by atoms with Gasteiger partial charge in [0.1, 0.15) is 5.02 Å². The van der Waals surface area contributed by atoms with Gasteiger partial charge in [0.25, 0.3) is 5.91 Å². The summed E-state index contributed by atoms with van der Waals surface area (Å²) in [6, 6.07) is 0. The second-order valence-electron chi connectivity index (χ2n) is 5.46. The van der Waals surface area contributed by atoms with E-state index in [4.69, 9.17) is 45.3 Å². The summed E-state index contributed by atoms with van der Waals surface area (Å²) in [5.74, 6) is -0.692. The van der Waals surface area contributed by atoms with E-state index in [1.54, 1.807) is 4.90 Å². The van der Waals surface area contributed by atoms with Gasteiger partial charge in [-0.3, -0.25) is 4.79 Å². The molecule has 1 saturated heterocycles. The molecule has 2 N–H and O–H groups in total. The van der Waals surface area contributed by atoms with Gasteiger partial charge in [0.05, 0.1) is 10.7 Å². The highest BCUT2D eigenvalue weighted by atomic mass is 35.5. The quantitative estimate of drug-likeness (QED) is 0.643. The van der Waals surface area contributed by atoms with Gasteiger partial charge in [0, 0.05) is 13.1 Å². The SMILES string of the molecule is C[C@H]1CCCN(C(=O)COC(=O)c2nc(Cl)c(Cl)c(N)c2Cl)C1. The van der Waals surface area contributed by atoms with Gasteiger partial charge in [0.2, 0.25) is 0 Å². The van der Waals surface area contributed by atoms with Crippen molar-refractivity contribution < 1.29 is 14.3 Å². The number of halogens is 3. The first kappa shape index (κ1) is 18.1. The number of hydrogen-bond acceptors (Lipinski definition) is 5. The molecule has 2 rings (SSSR count). The Bertz CT molecular complexity index is 639. The average Bonchev–Trinajstić information content (AvgIpc) is 2.53. The van der Waals surface area contributed by atoms with Crippen LogP contribution in [-0.4, -0.2) is 41.5 Å². The molecule has 1 amide bonds. The molecule has 1 atom stereocenters. The molecule has 1 aliphatic rings. The van der Waals surface area contributed by atoms with Gasteiger partial charge >= 0.3 is 5.97 Å². The van der Waals surface area contributed by atoms with E-state index < -0.39 is 5.97 Å². The van der Waals surface area contributed by atoms with Crippen molar-refractivity contribution in [1.29, 1.82) is 0 Å². The summed E-state index contributed by atoms with van der Waals surface area (Å²) in [6.45, 7) is 3.02.